The van der Waals surface area contributed by atoms with Crippen LogP contribution in [0.5, 0.6) is 11.5 Å². The van der Waals surface area contributed by atoms with E-state index in [1.165, 1.54) is 12.1 Å². The van der Waals surface area contributed by atoms with E-state index >= 15 is 0 Å². The second-order valence-electron chi connectivity index (χ2n) is 9.23. The summed E-state index contributed by atoms with van der Waals surface area (Å²) in [6.07, 6.45) is 0. The van der Waals surface area contributed by atoms with E-state index in [0.29, 0.717) is 0 Å². The molecule has 0 aromatic heterocycles. The lowest BCUT2D eigenvalue weighted by Gasteiger charge is -2.22. The van der Waals surface area contributed by atoms with Gasteiger partial charge in [0, 0.05) is 12.1 Å². The summed E-state index contributed by atoms with van der Waals surface area (Å²) in [5.41, 5.74) is -1.01. The van der Waals surface area contributed by atoms with Crippen molar-refractivity contribution in [3.8, 4) is 11.5 Å². The number of halogens is 2. The standard InChI is InChI=1S/C26H29F2O2S/c1-25(2,3)29-23-14-12-19(16-21(23)27)31(18-10-8-7-9-11-18)20-13-15-24(22(28)17-20)30-26(4,5)6/h7-17H,1-6H3/q+1. The van der Waals surface area contributed by atoms with Crippen molar-refractivity contribution in [3.63, 3.8) is 0 Å². The normalized spacial score (nSPS) is 12.2. The Kier molecular flexibility index (Phi) is 6.65. The Labute approximate surface area is 186 Å². The molecule has 3 rings (SSSR count). The van der Waals surface area contributed by atoms with Gasteiger partial charge >= 0.3 is 0 Å². The van der Waals surface area contributed by atoms with Gasteiger partial charge in [0.05, 0.1) is 10.9 Å². The van der Waals surface area contributed by atoms with Crippen LogP contribution in [0.25, 0.3) is 0 Å². The molecule has 0 heterocycles. The highest BCUT2D eigenvalue weighted by molar-refractivity contribution is 7.97. The van der Waals surface area contributed by atoms with Gasteiger partial charge in [0.15, 0.2) is 37.8 Å². The fourth-order valence-corrected chi connectivity index (χ4v) is 5.10. The molecule has 0 aliphatic heterocycles. The van der Waals surface area contributed by atoms with E-state index in [2.05, 4.69) is 0 Å². The van der Waals surface area contributed by atoms with E-state index in [0.717, 1.165) is 14.7 Å². The summed E-state index contributed by atoms with van der Waals surface area (Å²) in [5.74, 6) is -0.469. The van der Waals surface area contributed by atoms with Crippen LogP contribution in [0.4, 0.5) is 8.78 Å². The average molecular weight is 444 g/mol. The fraction of sp³-hybridized carbons (Fsp3) is 0.308. The van der Waals surface area contributed by atoms with Gasteiger partial charge in [0.2, 0.25) is 0 Å². The number of rotatable bonds is 5. The third-order valence-corrected chi connectivity index (χ3v) is 6.28. The van der Waals surface area contributed by atoms with E-state index in [4.69, 9.17) is 9.47 Å². The Morgan fingerprint density at radius 2 is 1.00 bits per heavy atom. The molecular formula is C26H29F2O2S+. The molecule has 0 fully saturated rings. The lowest BCUT2D eigenvalue weighted by Crippen LogP contribution is -2.23. The van der Waals surface area contributed by atoms with Crippen molar-refractivity contribution in [2.24, 2.45) is 0 Å². The Morgan fingerprint density at radius 1 is 0.581 bits per heavy atom. The maximum Gasteiger partial charge on any atom is 0.170 e. The van der Waals surface area contributed by atoms with Crippen LogP contribution in [0.2, 0.25) is 0 Å². The van der Waals surface area contributed by atoms with Crippen molar-refractivity contribution in [2.75, 3.05) is 0 Å². The van der Waals surface area contributed by atoms with Crippen LogP contribution >= 0.6 is 0 Å². The summed E-state index contributed by atoms with van der Waals surface area (Å²) in [7, 11) is -0.689. The van der Waals surface area contributed by atoms with Crippen molar-refractivity contribution in [3.05, 3.63) is 78.4 Å². The number of hydrogen-bond acceptors (Lipinski definition) is 2. The highest BCUT2D eigenvalue weighted by Gasteiger charge is 2.31. The summed E-state index contributed by atoms with van der Waals surface area (Å²) >= 11 is 0. The SMILES string of the molecule is CC(C)(C)Oc1ccc([S+](c2ccccc2)c2ccc(OC(C)(C)C)c(F)c2)cc1F. The van der Waals surface area contributed by atoms with Crippen LogP contribution in [-0.2, 0) is 10.9 Å². The molecule has 2 nitrogen and oxygen atoms in total. The minimum atomic E-state index is -0.689. The highest BCUT2D eigenvalue weighted by atomic mass is 32.2. The first-order chi connectivity index (χ1) is 14.4. The molecule has 0 bridgehead atoms. The second-order valence-corrected chi connectivity index (χ2v) is 11.3. The monoisotopic (exact) mass is 443 g/mol. The molecular weight excluding hydrogens is 414 g/mol. The van der Waals surface area contributed by atoms with Gasteiger partial charge in [-0.15, -0.1) is 0 Å². The maximum absolute atomic E-state index is 14.9. The molecule has 3 aromatic rings. The first-order valence-electron chi connectivity index (χ1n) is 10.2. The van der Waals surface area contributed by atoms with Crippen molar-refractivity contribution < 1.29 is 18.3 Å². The van der Waals surface area contributed by atoms with Gasteiger partial charge in [0.25, 0.3) is 0 Å². The molecule has 0 radical (unpaired) electrons. The molecule has 0 saturated carbocycles. The number of ether oxygens (including phenoxy) is 2. The molecule has 0 N–H and O–H groups in total. The molecule has 0 aliphatic rings. The first-order valence-corrected chi connectivity index (χ1v) is 11.4. The van der Waals surface area contributed by atoms with Crippen LogP contribution in [-0.4, -0.2) is 11.2 Å². The zero-order chi connectivity index (χ0) is 22.8. The molecule has 164 valence electrons. The summed E-state index contributed by atoms with van der Waals surface area (Å²) in [4.78, 5) is 2.46. The zero-order valence-corrected chi connectivity index (χ0v) is 19.6. The molecule has 3 aromatic carbocycles. The molecule has 0 aliphatic carbocycles. The quantitative estimate of drug-likeness (QED) is 0.382. The van der Waals surface area contributed by atoms with E-state index in [1.54, 1.807) is 12.1 Å². The number of hydrogen-bond donors (Lipinski definition) is 0. The Bertz CT molecular complexity index is 972. The van der Waals surface area contributed by atoms with Gasteiger partial charge in [-0.25, -0.2) is 8.78 Å². The summed E-state index contributed by atoms with van der Waals surface area (Å²) < 4.78 is 41.2. The average Bonchev–Trinajstić information content (AvgIpc) is 2.65. The van der Waals surface area contributed by atoms with Crippen molar-refractivity contribution in [1.29, 1.82) is 0 Å². The van der Waals surface area contributed by atoms with Gasteiger partial charge in [0.1, 0.15) is 11.2 Å². The molecule has 0 unspecified atom stereocenters. The predicted octanol–water partition coefficient (Wildman–Crippen LogP) is 7.41. The van der Waals surface area contributed by atoms with Crippen LogP contribution in [0, 0.1) is 11.6 Å². The van der Waals surface area contributed by atoms with E-state index in [1.807, 2.05) is 84.0 Å². The van der Waals surface area contributed by atoms with E-state index in [9.17, 15) is 8.78 Å². The Balaban J connectivity index is 2.05. The molecule has 0 atom stereocenters. The van der Waals surface area contributed by atoms with Crippen molar-refractivity contribution >= 4 is 10.9 Å². The van der Waals surface area contributed by atoms with Crippen LogP contribution in [0.3, 0.4) is 0 Å². The van der Waals surface area contributed by atoms with Gasteiger partial charge in [-0.3, -0.25) is 0 Å². The summed E-state index contributed by atoms with van der Waals surface area (Å²) in [5, 5.41) is 0. The molecule has 31 heavy (non-hydrogen) atoms. The van der Waals surface area contributed by atoms with Gasteiger partial charge in [-0.1, -0.05) is 18.2 Å². The fourth-order valence-electron chi connectivity index (χ4n) is 3.01. The van der Waals surface area contributed by atoms with Crippen LogP contribution in [0.15, 0.2) is 81.4 Å². The lowest BCUT2D eigenvalue weighted by molar-refractivity contribution is 0.124. The smallest absolute Gasteiger partial charge is 0.170 e. The van der Waals surface area contributed by atoms with Gasteiger partial charge in [-0.05, 0) is 77.9 Å². The largest absolute Gasteiger partial charge is 0.485 e. The highest BCUT2D eigenvalue weighted by Crippen LogP contribution is 2.36. The predicted molar refractivity (Wildman–Crippen MR) is 122 cm³/mol. The van der Waals surface area contributed by atoms with Gasteiger partial charge in [-0.2, -0.15) is 0 Å². The Morgan fingerprint density at radius 3 is 1.35 bits per heavy atom. The third kappa shape index (κ3) is 6.23. The minimum absolute atomic E-state index is 0.202. The minimum Gasteiger partial charge on any atom is -0.485 e. The van der Waals surface area contributed by atoms with Gasteiger partial charge < -0.3 is 9.47 Å². The maximum atomic E-state index is 14.9. The first kappa shape index (κ1) is 23.1. The molecule has 0 spiro atoms. The van der Waals surface area contributed by atoms with E-state index < -0.39 is 33.7 Å². The molecule has 5 heteroatoms. The topological polar surface area (TPSA) is 18.5 Å². The van der Waals surface area contributed by atoms with Crippen LogP contribution in [0.1, 0.15) is 41.5 Å². The third-order valence-electron chi connectivity index (χ3n) is 4.09. The lowest BCUT2D eigenvalue weighted by atomic mass is 10.2. The Hall–Kier alpha value is -2.53. The van der Waals surface area contributed by atoms with Crippen molar-refractivity contribution in [2.45, 2.75) is 67.4 Å². The van der Waals surface area contributed by atoms with Crippen LogP contribution < -0.4 is 9.47 Å². The molecule has 0 saturated heterocycles. The summed E-state index contributed by atoms with van der Waals surface area (Å²) in [6, 6.07) is 19.7. The van der Waals surface area contributed by atoms with Crippen molar-refractivity contribution in [1.82, 2.24) is 0 Å². The second kappa shape index (κ2) is 8.91. The summed E-state index contributed by atoms with van der Waals surface area (Å²) in [6.45, 7) is 11.2. The molecule has 0 amide bonds. The van der Waals surface area contributed by atoms with E-state index in [-0.39, 0.29) is 11.5 Å². The number of benzene rings is 3. The zero-order valence-electron chi connectivity index (χ0n) is 18.8.